The average Bonchev–Trinajstić information content (AvgIpc) is 3.67. The minimum Gasteiger partial charge on any atom is -0.348 e. The number of alkyl halides is 3. The quantitative estimate of drug-likeness (QED) is 0.200. The van der Waals surface area contributed by atoms with Crippen LogP contribution in [0.5, 0.6) is 0 Å². The molecule has 0 saturated heterocycles. The van der Waals surface area contributed by atoms with E-state index in [-0.39, 0.29) is 30.7 Å². The molecule has 1 saturated carbocycles. The van der Waals surface area contributed by atoms with Crippen LogP contribution in [0, 0.1) is 11.2 Å². The van der Waals surface area contributed by atoms with Gasteiger partial charge in [-0.15, -0.1) is 0 Å². The maximum Gasteiger partial charge on any atom is 0.416 e. The number of benzene rings is 1. The number of halogens is 4. The van der Waals surface area contributed by atoms with Gasteiger partial charge in [-0.1, -0.05) is 5.57 Å². The number of fused-ring (bicyclic) bond motifs is 2. The standard InChI is InChI=1S/C32H31F4N7O4S/c1-40(2)29(44)19-42(48(46,47)28-11-13-41(3)39-28)25-7-4-21-15-27-20(18-38-43(27)24-8-5-23(33)6-9-24)16-31(21,17-25)30(45)26-14-22(10-12-37-26)32(34,35)36/h5-6,8-15,18,25H,4,7,16-17,19H2,1-3H3/t25-,31-/m0/s1. The summed E-state index contributed by atoms with van der Waals surface area (Å²) in [6.07, 6.45) is 1.11. The molecular weight excluding hydrogens is 654 g/mol. The Bertz CT molecular complexity index is 2040. The van der Waals surface area contributed by atoms with Crippen LogP contribution in [0.3, 0.4) is 0 Å². The van der Waals surface area contributed by atoms with Crippen molar-refractivity contribution in [2.75, 3.05) is 20.6 Å². The predicted octanol–water partition coefficient (Wildman–Crippen LogP) is 4.30. The molecule has 0 radical (unpaired) electrons. The summed E-state index contributed by atoms with van der Waals surface area (Å²) in [5.41, 5.74) is -0.697. The minimum atomic E-state index is -4.74. The van der Waals surface area contributed by atoms with Crippen molar-refractivity contribution in [3.63, 3.8) is 0 Å². The third kappa shape index (κ3) is 5.94. The van der Waals surface area contributed by atoms with Gasteiger partial charge < -0.3 is 4.90 Å². The van der Waals surface area contributed by atoms with Crippen LogP contribution in [0.1, 0.15) is 46.6 Å². The van der Waals surface area contributed by atoms with Gasteiger partial charge in [0.25, 0.3) is 10.0 Å². The SMILES string of the molecule is CN(C)C(=O)CN([C@H]1CCC2=Cc3c(cnn3-c3ccc(F)cc3)C[C@]2(C(=O)c2cc(C(F)(F)F)ccn2)C1)S(=O)(=O)c1ccn(C)n1. The second kappa shape index (κ2) is 12.1. The number of rotatable bonds is 8. The van der Waals surface area contributed by atoms with Crippen molar-refractivity contribution in [1.82, 2.24) is 33.8 Å². The lowest BCUT2D eigenvalue weighted by Gasteiger charge is -2.46. The van der Waals surface area contributed by atoms with E-state index in [0.29, 0.717) is 28.6 Å². The molecular formula is C32H31F4N7O4S. The molecule has 4 aromatic rings. The van der Waals surface area contributed by atoms with Gasteiger partial charge in [-0.3, -0.25) is 19.3 Å². The first kappa shape index (κ1) is 33.2. The topological polar surface area (TPSA) is 123 Å². The largest absolute Gasteiger partial charge is 0.416 e. The first-order valence-electron chi connectivity index (χ1n) is 14.9. The fraction of sp³-hybridized carbons (Fsp3) is 0.344. The summed E-state index contributed by atoms with van der Waals surface area (Å²) in [7, 11) is 0.150. The van der Waals surface area contributed by atoms with E-state index in [2.05, 4.69) is 15.2 Å². The number of carbonyl (C=O) groups excluding carboxylic acids is 2. The first-order chi connectivity index (χ1) is 22.6. The number of likely N-dealkylation sites (N-methyl/N-ethyl adjacent to an activating group) is 1. The molecule has 1 amide bonds. The molecule has 48 heavy (non-hydrogen) atoms. The lowest BCUT2D eigenvalue weighted by atomic mass is 9.60. The fourth-order valence-corrected chi connectivity index (χ4v) is 7.99. The molecule has 0 bridgehead atoms. The van der Waals surface area contributed by atoms with Crippen molar-refractivity contribution in [3.05, 3.63) is 95.0 Å². The third-order valence-electron chi connectivity index (χ3n) is 8.92. The Balaban J connectivity index is 1.48. The zero-order valence-corrected chi connectivity index (χ0v) is 27.0. The zero-order valence-electron chi connectivity index (χ0n) is 26.1. The van der Waals surface area contributed by atoms with Gasteiger partial charge in [0.05, 0.1) is 35.1 Å². The molecule has 2 aliphatic rings. The number of ketones is 1. The number of Topliss-reactive ketones (excluding diaryl/α,β-unsaturated/α-hetero) is 1. The molecule has 3 aromatic heterocycles. The van der Waals surface area contributed by atoms with Crippen LogP contribution in [0.2, 0.25) is 0 Å². The average molecular weight is 686 g/mol. The van der Waals surface area contributed by atoms with Crippen molar-refractivity contribution in [2.45, 2.75) is 42.9 Å². The number of allylic oxidation sites excluding steroid dienone is 1. The maximum atomic E-state index is 14.6. The van der Waals surface area contributed by atoms with Gasteiger partial charge in [0.1, 0.15) is 11.5 Å². The molecule has 252 valence electrons. The Kier molecular flexibility index (Phi) is 8.35. The van der Waals surface area contributed by atoms with Crippen LogP contribution in [0.4, 0.5) is 17.6 Å². The van der Waals surface area contributed by atoms with Crippen LogP contribution in [-0.4, -0.2) is 80.5 Å². The molecule has 2 atom stereocenters. The van der Waals surface area contributed by atoms with E-state index in [1.165, 1.54) is 54.3 Å². The number of hydrogen-bond donors (Lipinski definition) is 0. The van der Waals surface area contributed by atoms with E-state index in [4.69, 9.17) is 0 Å². The Hall–Kier alpha value is -4.70. The Morgan fingerprint density at radius 2 is 1.83 bits per heavy atom. The monoisotopic (exact) mass is 685 g/mol. The molecule has 3 heterocycles. The molecule has 2 aliphatic carbocycles. The lowest BCUT2D eigenvalue weighted by Crippen LogP contribution is -2.52. The van der Waals surface area contributed by atoms with Gasteiger partial charge in [0.15, 0.2) is 10.8 Å². The summed E-state index contributed by atoms with van der Waals surface area (Å²) in [5, 5.41) is 8.24. The molecule has 16 heteroatoms. The summed E-state index contributed by atoms with van der Waals surface area (Å²) < 4.78 is 86.9. The fourth-order valence-electron chi connectivity index (χ4n) is 6.43. The molecule has 0 N–H and O–H groups in total. The first-order valence-corrected chi connectivity index (χ1v) is 16.4. The van der Waals surface area contributed by atoms with E-state index >= 15 is 0 Å². The van der Waals surface area contributed by atoms with Gasteiger partial charge in [0, 0.05) is 39.6 Å². The number of pyridine rings is 1. The molecule has 11 nitrogen and oxygen atoms in total. The smallest absolute Gasteiger partial charge is 0.348 e. The maximum absolute atomic E-state index is 14.6. The van der Waals surface area contributed by atoms with E-state index in [0.717, 1.165) is 16.6 Å². The highest BCUT2D eigenvalue weighted by Crippen LogP contribution is 2.51. The molecule has 0 spiro atoms. The molecule has 0 aliphatic heterocycles. The van der Waals surface area contributed by atoms with E-state index in [1.807, 2.05) is 0 Å². The van der Waals surface area contributed by atoms with Crippen LogP contribution < -0.4 is 0 Å². The number of amides is 1. The van der Waals surface area contributed by atoms with Crippen molar-refractivity contribution in [3.8, 4) is 5.69 Å². The van der Waals surface area contributed by atoms with Gasteiger partial charge in [0.2, 0.25) is 5.91 Å². The van der Waals surface area contributed by atoms with E-state index in [9.17, 15) is 35.6 Å². The van der Waals surface area contributed by atoms with Crippen molar-refractivity contribution in [1.29, 1.82) is 0 Å². The molecule has 0 unspecified atom stereocenters. The highest BCUT2D eigenvalue weighted by molar-refractivity contribution is 7.89. The summed E-state index contributed by atoms with van der Waals surface area (Å²) in [4.78, 5) is 32.9. The Morgan fingerprint density at radius 3 is 2.48 bits per heavy atom. The highest BCUT2D eigenvalue weighted by atomic mass is 32.2. The second-order valence-electron chi connectivity index (χ2n) is 12.2. The van der Waals surface area contributed by atoms with Crippen LogP contribution >= 0.6 is 0 Å². The number of sulfonamides is 1. The number of nitrogens with zero attached hydrogens (tertiary/aromatic N) is 7. The highest BCUT2D eigenvalue weighted by Gasteiger charge is 2.52. The number of hydrogen-bond acceptors (Lipinski definition) is 7. The Morgan fingerprint density at radius 1 is 1.10 bits per heavy atom. The second-order valence-corrected chi connectivity index (χ2v) is 14.0. The van der Waals surface area contributed by atoms with Gasteiger partial charge in [-0.05, 0) is 79.8 Å². The van der Waals surface area contributed by atoms with Gasteiger partial charge >= 0.3 is 6.18 Å². The molecule has 1 fully saturated rings. The van der Waals surface area contributed by atoms with Gasteiger partial charge in [-0.25, -0.2) is 17.5 Å². The van der Waals surface area contributed by atoms with Crippen LogP contribution in [0.15, 0.2) is 71.7 Å². The number of carbonyl (C=O) groups is 2. The van der Waals surface area contributed by atoms with E-state index in [1.54, 1.807) is 29.9 Å². The van der Waals surface area contributed by atoms with E-state index < -0.39 is 63.0 Å². The zero-order chi connectivity index (χ0) is 34.6. The Labute approximate surface area is 273 Å². The summed E-state index contributed by atoms with van der Waals surface area (Å²) in [5.74, 6) is -1.66. The third-order valence-corrected chi connectivity index (χ3v) is 10.7. The minimum absolute atomic E-state index is 0.0261. The summed E-state index contributed by atoms with van der Waals surface area (Å²) >= 11 is 0. The number of aryl methyl sites for hydroxylation is 1. The molecule has 6 rings (SSSR count). The van der Waals surface area contributed by atoms with Crippen molar-refractivity contribution >= 4 is 27.8 Å². The number of aromatic nitrogens is 5. The van der Waals surface area contributed by atoms with Gasteiger partial charge in [-0.2, -0.15) is 27.7 Å². The normalized spacial score (nSPS) is 19.4. The predicted molar refractivity (Wildman–Crippen MR) is 165 cm³/mol. The van der Waals surface area contributed by atoms with Crippen molar-refractivity contribution < 1.29 is 35.6 Å². The van der Waals surface area contributed by atoms with Crippen LogP contribution in [0.25, 0.3) is 11.8 Å². The van der Waals surface area contributed by atoms with Crippen LogP contribution in [-0.2, 0) is 34.5 Å². The summed E-state index contributed by atoms with van der Waals surface area (Å²) in [6, 6.07) is 7.51. The lowest BCUT2D eigenvalue weighted by molar-refractivity contribution is -0.137. The molecule has 1 aromatic carbocycles. The summed E-state index contributed by atoms with van der Waals surface area (Å²) in [6.45, 7) is -0.546. The van der Waals surface area contributed by atoms with Crippen molar-refractivity contribution in [2.24, 2.45) is 12.5 Å².